The summed E-state index contributed by atoms with van der Waals surface area (Å²) in [6, 6.07) is 30.3. The molecular formula is C29H25N5O2. The second-order valence-corrected chi connectivity index (χ2v) is 8.32. The van der Waals surface area contributed by atoms with Crippen LogP contribution < -0.4 is 10.9 Å². The largest absolute Gasteiger partial charge is 0.306 e. The summed E-state index contributed by atoms with van der Waals surface area (Å²) in [7, 11) is 0. The van der Waals surface area contributed by atoms with Gasteiger partial charge in [0.1, 0.15) is 11.4 Å². The number of nitrogens with one attached hydrogen (secondary N) is 1. The lowest BCUT2D eigenvalue weighted by molar-refractivity contribution is 0.102. The van der Waals surface area contributed by atoms with Gasteiger partial charge in [-0.1, -0.05) is 78.9 Å². The van der Waals surface area contributed by atoms with Gasteiger partial charge in [-0.05, 0) is 31.5 Å². The van der Waals surface area contributed by atoms with Gasteiger partial charge in [0.2, 0.25) is 0 Å². The Bertz CT molecular complexity index is 1570. The Morgan fingerprint density at radius 2 is 1.42 bits per heavy atom. The lowest BCUT2D eigenvalue weighted by Gasteiger charge is -2.17. The van der Waals surface area contributed by atoms with Gasteiger partial charge in [-0.25, -0.2) is 9.36 Å². The van der Waals surface area contributed by atoms with Gasteiger partial charge >= 0.3 is 0 Å². The van der Waals surface area contributed by atoms with Crippen LogP contribution in [0.3, 0.4) is 0 Å². The number of amides is 1. The van der Waals surface area contributed by atoms with Gasteiger partial charge in [0.15, 0.2) is 0 Å². The number of carbonyl (C=O) groups is 1. The maximum Gasteiger partial charge on any atom is 0.280 e. The number of aromatic nitrogens is 4. The molecule has 178 valence electrons. The average molecular weight is 476 g/mol. The first kappa shape index (κ1) is 23.0. The van der Waals surface area contributed by atoms with E-state index in [4.69, 9.17) is 0 Å². The maximum atomic E-state index is 13.9. The van der Waals surface area contributed by atoms with E-state index in [1.807, 2.05) is 105 Å². The quantitative estimate of drug-likeness (QED) is 0.359. The topological polar surface area (TPSA) is 81.8 Å². The summed E-state index contributed by atoms with van der Waals surface area (Å²) in [6.07, 6.45) is 0. The standard InChI is InChI=1S/C29H25N5O2/c1-3-33-29(36)26(28(35)30-24-19-20(2)31-34(24)23-17-11-6-12-18-23)25(21-13-7-4-8-14-21)27(32-33)22-15-9-5-10-16-22/h4-19H,3H2,1-2H3,(H,30,35). The van der Waals surface area contributed by atoms with Gasteiger partial charge in [-0.15, -0.1) is 0 Å². The summed E-state index contributed by atoms with van der Waals surface area (Å²) in [5.41, 5.74) is 3.75. The molecule has 7 heteroatoms. The van der Waals surface area contributed by atoms with Crippen LogP contribution in [0.1, 0.15) is 23.0 Å². The second kappa shape index (κ2) is 9.84. The highest BCUT2D eigenvalue weighted by atomic mass is 16.2. The van der Waals surface area contributed by atoms with E-state index >= 15 is 0 Å². The SMILES string of the molecule is CCn1nc(-c2ccccc2)c(-c2ccccc2)c(C(=O)Nc2cc(C)nn2-c2ccccc2)c1=O. The molecule has 0 aliphatic rings. The van der Waals surface area contributed by atoms with Crippen molar-refractivity contribution in [3.63, 3.8) is 0 Å². The molecule has 2 aromatic heterocycles. The van der Waals surface area contributed by atoms with Crippen molar-refractivity contribution < 1.29 is 4.79 Å². The summed E-state index contributed by atoms with van der Waals surface area (Å²) in [4.78, 5) is 27.5. The van der Waals surface area contributed by atoms with E-state index in [0.29, 0.717) is 23.6 Å². The number of para-hydroxylation sites is 1. The minimum absolute atomic E-state index is 0.0374. The lowest BCUT2D eigenvalue weighted by atomic mass is 9.95. The molecule has 5 aromatic rings. The number of nitrogens with zero attached hydrogens (tertiary/aromatic N) is 4. The second-order valence-electron chi connectivity index (χ2n) is 8.32. The molecule has 0 unspecified atom stereocenters. The van der Waals surface area contributed by atoms with Crippen LogP contribution >= 0.6 is 0 Å². The Morgan fingerprint density at radius 1 is 0.833 bits per heavy atom. The molecule has 1 N–H and O–H groups in total. The van der Waals surface area contributed by atoms with E-state index in [0.717, 1.165) is 22.5 Å². The van der Waals surface area contributed by atoms with Gasteiger partial charge < -0.3 is 5.32 Å². The molecule has 3 aromatic carbocycles. The van der Waals surface area contributed by atoms with Crippen LogP contribution in [0.4, 0.5) is 5.82 Å². The molecule has 0 spiro atoms. The van der Waals surface area contributed by atoms with Crippen molar-refractivity contribution in [3.8, 4) is 28.1 Å². The number of hydrogen-bond acceptors (Lipinski definition) is 4. The minimum Gasteiger partial charge on any atom is -0.306 e. The molecule has 0 saturated heterocycles. The fourth-order valence-electron chi connectivity index (χ4n) is 4.21. The molecule has 5 rings (SSSR count). The zero-order valence-electron chi connectivity index (χ0n) is 20.1. The Labute approximate surface area is 208 Å². The zero-order chi connectivity index (χ0) is 25.1. The van der Waals surface area contributed by atoms with E-state index in [1.165, 1.54) is 4.68 Å². The maximum absolute atomic E-state index is 13.9. The van der Waals surface area contributed by atoms with E-state index in [2.05, 4.69) is 15.5 Å². The molecule has 36 heavy (non-hydrogen) atoms. The summed E-state index contributed by atoms with van der Waals surface area (Å²) in [6.45, 7) is 4.02. The molecule has 0 aliphatic heterocycles. The van der Waals surface area contributed by atoms with Crippen LogP contribution in [0.15, 0.2) is 102 Å². The summed E-state index contributed by atoms with van der Waals surface area (Å²) >= 11 is 0. The molecule has 0 aliphatic carbocycles. The van der Waals surface area contributed by atoms with Crippen LogP contribution in [-0.2, 0) is 6.54 Å². The van der Waals surface area contributed by atoms with E-state index in [9.17, 15) is 9.59 Å². The number of carbonyl (C=O) groups excluding carboxylic acids is 1. The van der Waals surface area contributed by atoms with Crippen molar-refractivity contribution in [1.29, 1.82) is 0 Å². The fourth-order valence-corrected chi connectivity index (χ4v) is 4.21. The molecule has 0 atom stereocenters. The molecule has 1 amide bonds. The van der Waals surface area contributed by atoms with E-state index in [1.54, 1.807) is 10.7 Å². The molecule has 0 bridgehead atoms. The van der Waals surface area contributed by atoms with Crippen molar-refractivity contribution in [2.75, 3.05) is 5.32 Å². The van der Waals surface area contributed by atoms with Crippen molar-refractivity contribution in [2.24, 2.45) is 0 Å². The third-order valence-corrected chi connectivity index (χ3v) is 5.87. The average Bonchev–Trinajstić information content (AvgIpc) is 3.29. The Hall–Kier alpha value is -4.78. The number of hydrogen-bond donors (Lipinski definition) is 1. The summed E-state index contributed by atoms with van der Waals surface area (Å²) < 4.78 is 3.00. The van der Waals surface area contributed by atoms with Crippen molar-refractivity contribution in [3.05, 3.63) is 119 Å². The van der Waals surface area contributed by atoms with Crippen LogP contribution in [0.5, 0.6) is 0 Å². The zero-order valence-corrected chi connectivity index (χ0v) is 20.1. The monoisotopic (exact) mass is 475 g/mol. The minimum atomic E-state index is -0.516. The Balaban J connectivity index is 1.71. The van der Waals surface area contributed by atoms with Crippen molar-refractivity contribution >= 4 is 11.7 Å². The van der Waals surface area contributed by atoms with Crippen LogP contribution in [-0.4, -0.2) is 25.5 Å². The molecule has 0 radical (unpaired) electrons. The number of aryl methyl sites for hydroxylation is 2. The van der Waals surface area contributed by atoms with Gasteiger partial charge in [0.25, 0.3) is 11.5 Å². The number of rotatable bonds is 6. The highest BCUT2D eigenvalue weighted by molar-refractivity contribution is 6.10. The highest BCUT2D eigenvalue weighted by Crippen LogP contribution is 2.32. The Morgan fingerprint density at radius 3 is 2.03 bits per heavy atom. The van der Waals surface area contributed by atoms with Crippen LogP contribution in [0.25, 0.3) is 28.1 Å². The summed E-state index contributed by atoms with van der Waals surface area (Å²) in [5.74, 6) is -0.0408. The predicted molar refractivity (Wildman–Crippen MR) is 141 cm³/mol. The van der Waals surface area contributed by atoms with Gasteiger partial charge in [0, 0.05) is 23.7 Å². The fraction of sp³-hybridized carbons (Fsp3) is 0.103. The normalized spacial score (nSPS) is 10.8. The van der Waals surface area contributed by atoms with Gasteiger partial charge in [0.05, 0.1) is 17.1 Å². The lowest BCUT2D eigenvalue weighted by Crippen LogP contribution is -2.32. The number of anilines is 1. The molecular weight excluding hydrogens is 450 g/mol. The first-order valence-electron chi connectivity index (χ1n) is 11.8. The Kier molecular flexibility index (Phi) is 6.28. The van der Waals surface area contributed by atoms with E-state index < -0.39 is 11.5 Å². The molecule has 0 saturated carbocycles. The third kappa shape index (κ3) is 4.34. The highest BCUT2D eigenvalue weighted by Gasteiger charge is 2.26. The number of benzene rings is 3. The van der Waals surface area contributed by atoms with Crippen LogP contribution in [0, 0.1) is 6.92 Å². The van der Waals surface area contributed by atoms with Crippen molar-refractivity contribution in [2.45, 2.75) is 20.4 Å². The predicted octanol–water partition coefficient (Wildman–Crippen LogP) is 5.34. The first-order valence-corrected chi connectivity index (χ1v) is 11.8. The third-order valence-electron chi connectivity index (χ3n) is 5.87. The van der Waals surface area contributed by atoms with Crippen LogP contribution in [0.2, 0.25) is 0 Å². The van der Waals surface area contributed by atoms with Crippen molar-refractivity contribution in [1.82, 2.24) is 19.6 Å². The molecule has 2 heterocycles. The van der Waals surface area contributed by atoms with E-state index in [-0.39, 0.29) is 5.56 Å². The molecule has 7 nitrogen and oxygen atoms in total. The smallest absolute Gasteiger partial charge is 0.280 e. The van der Waals surface area contributed by atoms with Gasteiger partial charge in [-0.2, -0.15) is 10.2 Å². The molecule has 0 fully saturated rings. The first-order chi connectivity index (χ1) is 17.6. The van der Waals surface area contributed by atoms with Gasteiger partial charge in [-0.3, -0.25) is 9.59 Å². The summed E-state index contributed by atoms with van der Waals surface area (Å²) in [5, 5.41) is 12.1.